The van der Waals surface area contributed by atoms with Crippen LogP contribution in [0.4, 0.5) is 5.69 Å². The van der Waals surface area contributed by atoms with Crippen molar-refractivity contribution in [3.63, 3.8) is 0 Å². The monoisotopic (exact) mass is 339 g/mol. The number of amides is 2. The lowest BCUT2D eigenvalue weighted by Crippen LogP contribution is -2.33. The first kappa shape index (κ1) is 19.4. The number of rotatable bonds is 6. The minimum absolute atomic E-state index is 0.116. The molecule has 4 nitrogen and oxygen atoms in total. The summed E-state index contributed by atoms with van der Waals surface area (Å²) in [4.78, 5) is 37.4. The Hall–Kier alpha value is -1.91. The van der Waals surface area contributed by atoms with Crippen LogP contribution in [0.15, 0.2) is 24.3 Å². The van der Waals surface area contributed by atoms with E-state index in [0.717, 1.165) is 5.56 Å². The first-order chi connectivity index (χ1) is 11.5. The average Bonchev–Trinajstić information content (AvgIpc) is 2.80. The maximum atomic E-state index is 12.3. The molecule has 1 aliphatic heterocycles. The highest BCUT2D eigenvalue weighted by Gasteiger charge is 2.38. The number of nitrogens with zero attached hydrogens (tertiary/aromatic N) is 1. The zero-order valence-electron chi connectivity index (χ0n) is 15.8. The van der Waals surface area contributed by atoms with Crippen LogP contribution in [0.2, 0.25) is 0 Å². The summed E-state index contributed by atoms with van der Waals surface area (Å²) in [5, 5.41) is 0. The lowest BCUT2D eigenvalue weighted by atomic mass is 9.66. The molecule has 1 atom stereocenters. The minimum Gasteiger partial charge on any atom is -0.312 e. The van der Waals surface area contributed by atoms with E-state index in [-0.39, 0.29) is 35.3 Å². The van der Waals surface area contributed by atoms with Crippen LogP contribution in [0, 0.1) is 11.3 Å². The van der Waals surface area contributed by atoms with Crippen LogP contribution in [0.25, 0.3) is 0 Å². The molecule has 5 heteroatoms. The summed E-state index contributed by atoms with van der Waals surface area (Å²) in [6.07, 6.45) is 1.57. The molecule has 25 heavy (non-hydrogen) atoms. The molecular weight excluding hydrogens is 313 g/mol. The van der Waals surface area contributed by atoms with Crippen LogP contribution in [0.3, 0.4) is 0 Å². The van der Waals surface area contributed by atoms with Gasteiger partial charge in [0.1, 0.15) is 0 Å². The van der Waals surface area contributed by atoms with Gasteiger partial charge in [-0.3, -0.25) is 14.5 Å². The zero-order chi connectivity index (χ0) is 19.0. The molecule has 1 aromatic carbocycles. The third-order valence-electron chi connectivity index (χ3n) is 5.19. The van der Waals surface area contributed by atoms with Gasteiger partial charge in [-0.2, -0.15) is 0 Å². The number of imide groups is 1. The quantitative estimate of drug-likeness (QED) is 0.590. The Balaban J connectivity index is 2.24. The van der Waals surface area contributed by atoms with Crippen molar-refractivity contribution >= 4 is 31.0 Å². The SMILES string of the molecule is [B]C(=O)C(C)(C)CC(C)(C)c1ccc(N2C(=O)CC(CC)C2=O)cc1. The molecule has 1 aromatic rings. The molecule has 1 aliphatic rings. The highest BCUT2D eigenvalue weighted by Crippen LogP contribution is 2.38. The Kier molecular flexibility index (Phi) is 5.26. The highest BCUT2D eigenvalue weighted by atomic mass is 16.2. The minimum atomic E-state index is -0.614. The van der Waals surface area contributed by atoms with Crippen molar-refractivity contribution in [1.29, 1.82) is 0 Å². The van der Waals surface area contributed by atoms with E-state index in [9.17, 15) is 14.4 Å². The van der Waals surface area contributed by atoms with Crippen LogP contribution in [0.5, 0.6) is 0 Å². The summed E-state index contributed by atoms with van der Waals surface area (Å²) < 4.78 is 0. The summed E-state index contributed by atoms with van der Waals surface area (Å²) in [5.74, 6) is -0.465. The summed E-state index contributed by atoms with van der Waals surface area (Å²) >= 11 is 0. The summed E-state index contributed by atoms with van der Waals surface area (Å²) in [6.45, 7) is 9.74. The van der Waals surface area contributed by atoms with Gasteiger partial charge in [0, 0.05) is 17.8 Å². The molecule has 1 unspecified atom stereocenters. The molecule has 1 saturated heterocycles. The van der Waals surface area contributed by atoms with E-state index in [1.165, 1.54) is 4.90 Å². The fourth-order valence-electron chi connectivity index (χ4n) is 3.64. The van der Waals surface area contributed by atoms with E-state index in [1.807, 2.05) is 45.0 Å². The number of carbonyl (C=O) groups excluding carboxylic acids is 3. The maximum Gasteiger partial charge on any atom is 0.237 e. The van der Waals surface area contributed by atoms with Crippen molar-refractivity contribution in [2.75, 3.05) is 4.90 Å². The Morgan fingerprint density at radius 3 is 2.16 bits per heavy atom. The van der Waals surface area contributed by atoms with Gasteiger partial charge in [0.25, 0.3) is 0 Å². The second-order valence-electron chi connectivity index (χ2n) is 8.23. The topological polar surface area (TPSA) is 54.5 Å². The zero-order valence-corrected chi connectivity index (χ0v) is 15.8. The number of hydrogen-bond acceptors (Lipinski definition) is 3. The van der Waals surface area contributed by atoms with Gasteiger partial charge in [-0.25, -0.2) is 0 Å². The Bertz CT molecular complexity index is 691. The summed E-state index contributed by atoms with van der Waals surface area (Å²) in [5.41, 5.74) is 0.451. The molecule has 2 radical (unpaired) electrons. The van der Waals surface area contributed by atoms with Crippen molar-refractivity contribution in [3.05, 3.63) is 29.8 Å². The second kappa shape index (κ2) is 6.78. The molecule has 0 spiro atoms. The molecule has 0 bridgehead atoms. The fourth-order valence-corrected chi connectivity index (χ4v) is 3.64. The molecule has 0 aliphatic carbocycles. The molecule has 132 valence electrons. The molecule has 2 amide bonds. The number of benzene rings is 1. The van der Waals surface area contributed by atoms with E-state index >= 15 is 0 Å². The standard InChI is InChI=1S/C20H26BNO3/c1-6-13-11-16(23)22(17(13)24)15-9-7-14(8-10-15)19(2,3)12-20(4,5)18(21)25/h7-10,13H,6,11-12H2,1-5H3. The van der Waals surface area contributed by atoms with Crippen molar-refractivity contribution in [2.24, 2.45) is 11.3 Å². The van der Waals surface area contributed by atoms with Gasteiger partial charge in [0.05, 0.1) is 11.4 Å². The molecule has 0 N–H and O–H groups in total. The largest absolute Gasteiger partial charge is 0.312 e. The first-order valence-electron chi connectivity index (χ1n) is 8.77. The lowest BCUT2D eigenvalue weighted by Gasteiger charge is -2.34. The predicted molar refractivity (Wildman–Crippen MR) is 99.5 cm³/mol. The van der Waals surface area contributed by atoms with Crippen LogP contribution in [0.1, 0.15) is 59.4 Å². The number of carbonyl (C=O) groups is 3. The van der Waals surface area contributed by atoms with Crippen LogP contribution >= 0.6 is 0 Å². The van der Waals surface area contributed by atoms with Gasteiger partial charge in [-0.05, 0) is 36.0 Å². The third-order valence-corrected chi connectivity index (χ3v) is 5.19. The molecule has 2 rings (SSSR count). The van der Waals surface area contributed by atoms with Crippen LogP contribution < -0.4 is 4.90 Å². The average molecular weight is 339 g/mol. The van der Waals surface area contributed by atoms with Gasteiger partial charge < -0.3 is 4.79 Å². The van der Waals surface area contributed by atoms with E-state index in [4.69, 9.17) is 7.85 Å². The highest BCUT2D eigenvalue weighted by molar-refractivity contribution is 6.58. The number of anilines is 1. The van der Waals surface area contributed by atoms with Gasteiger partial charge in [-0.15, -0.1) is 0 Å². The van der Waals surface area contributed by atoms with Gasteiger partial charge in [0.2, 0.25) is 11.8 Å². The van der Waals surface area contributed by atoms with Gasteiger partial charge in [0.15, 0.2) is 7.85 Å². The smallest absolute Gasteiger partial charge is 0.237 e. The van der Waals surface area contributed by atoms with Crippen LogP contribution in [-0.4, -0.2) is 25.3 Å². The van der Waals surface area contributed by atoms with E-state index < -0.39 is 5.41 Å². The third kappa shape index (κ3) is 3.86. The van der Waals surface area contributed by atoms with Crippen molar-refractivity contribution in [2.45, 2.75) is 59.3 Å². The molecule has 1 heterocycles. The second-order valence-corrected chi connectivity index (χ2v) is 8.23. The Labute approximate surface area is 151 Å². The van der Waals surface area contributed by atoms with Crippen LogP contribution in [-0.2, 0) is 19.8 Å². The van der Waals surface area contributed by atoms with Gasteiger partial charge >= 0.3 is 0 Å². The molecule has 0 aromatic heterocycles. The van der Waals surface area contributed by atoms with Crippen molar-refractivity contribution in [3.8, 4) is 0 Å². The van der Waals surface area contributed by atoms with E-state index in [0.29, 0.717) is 18.5 Å². The fraction of sp³-hybridized carbons (Fsp3) is 0.550. The normalized spacial score (nSPS) is 18.8. The lowest BCUT2D eigenvalue weighted by molar-refractivity contribution is -0.122. The molecular formula is C20H26BNO3. The molecule has 0 saturated carbocycles. The predicted octanol–water partition coefficient (Wildman–Crippen LogP) is 3.37. The maximum absolute atomic E-state index is 12.3. The van der Waals surface area contributed by atoms with Crippen molar-refractivity contribution < 1.29 is 14.4 Å². The summed E-state index contributed by atoms with van der Waals surface area (Å²) in [6, 6.07) is 7.46. The number of hydrogen-bond donors (Lipinski definition) is 0. The van der Waals surface area contributed by atoms with E-state index in [2.05, 4.69) is 13.8 Å². The van der Waals surface area contributed by atoms with Gasteiger partial charge in [-0.1, -0.05) is 46.8 Å². The van der Waals surface area contributed by atoms with Crippen molar-refractivity contribution in [1.82, 2.24) is 0 Å². The Morgan fingerprint density at radius 2 is 1.72 bits per heavy atom. The van der Waals surface area contributed by atoms with E-state index in [1.54, 1.807) is 0 Å². The Morgan fingerprint density at radius 1 is 1.16 bits per heavy atom. The summed E-state index contributed by atoms with van der Waals surface area (Å²) in [7, 11) is 5.50. The first-order valence-corrected chi connectivity index (χ1v) is 8.77. The molecule has 1 fully saturated rings.